The lowest BCUT2D eigenvalue weighted by molar-refractivity contribution is 0.157. The van der Waals surface area contributed by atoms with E-state index in [0.29, 0.717) is 13.0 Å². The molecule has 46 valence electrons. The molecule has 0 bridgehead atoms. The second-order valence-corrected chi connectivity index (χ2v) is 2.05. The molecule has 0 atom stereocenters. The van der Waals surface area contributed by atoms with E-state index in [2.05, 4.69) is 21.9 Å². The Kier molecular flexibility index (Phi) is 7.00. The van der Waals surface area contributed by atoms with Crippen molar-refractivity contribution in [3.05, 3.63) is 0 Å². The van der Waals surface area contributed by atoms with Crippen LogP contribution in [-0.2, 0) is 4.74 Å². The molecule has 0 N–H and O–H groups in total. The van der Waals surface area contributed by atoms with Crippen LogP contribution in [0, 0.1) is 12.3 Å². The van der Waals surface area contributed by atoms with E-state index in [1.54, 1.807) is 0 Å². The summed E-state index contributed by atoms with van der Waals surface area (Å²) in [7, 11) is 0. The van der Waals surface area contributed by atoms with Crippen molar-refractivity contribution in [2.45, 2.75) is 6.42 Å². The summed E-state index contributed by atoms with van der Waals surface area (Å²) >= 11 is 3.22. The first-order valence-electron chi connectivity index (χ1n) is 2.49. The predicted molar refractivity (Wildman–Crippen MR) is 38.1 cm³/mol. The first-order chi connectivity index (χ1) is 3.91. The first kappa shape index (κ1) is 8.00. The minimum absolute atomic E-state index is 0.683. The van der Waals surface area contributed by atoms with E-state index in [4.69, 9.17) is 11.2 Å². The minimum Gasteiger partial charge on any atom is -0.380 e. The number of hydrogen-bond donors (Lipinski definition) is 0. The van der Waals surface area contributed by atoms with Crippen molar-refractivity contribution in [3.63, 3.8) is 0 Å². The average Bonchev–Trinajstić information content (AvgIpc) is 1.81. The first-order valence-corrected chi connectivity index (χ1v) is 3.61. The molecule has 0 fully saturated rings. The third kappa shape index (κ3) is 6.00. The molecule has 2 heteroatoms. The summed E-state index contributed by atoms with van der Waals surface area (Å²) in [6, 6.07) is 0. The summed E-state index contributed by atoms with van der Waals surface area (Å²) in [4.78, 5) is 0. The molecule has 0 amide bonds. The van der Waals surface area contributed by atoms with Crippen LogP contribution in [0.5, 0.6) is 0 Å². The van der Waals surface area contributed by atoms with E-state index in [1.165, 1.54) is 0 Å². The molecule has 1 nitrogen and oxygen atoms in total. The number of ether oxygens (including phenoxy) is 1. The summed E-state index contributed by atoms with van der Waals surface area (Å²) in [5, 5.41) is 0.886. The molecule has 0 spiro atoms. The quantitative estimate of drug-likeness (QED) is 0.358. The molecule has 0 aliphatic heterocycles. The Labute approximate surface area is 58.5 Å². The van der Waals surface area contributed by atoms with E-state index in [9.17, 15) is 0 Å². The van der Waals surface area contributed by atoms with Gasteiger partial charge in [-0.2, -0.15) is 0 Å². The Hall–Kier alpha value is 0. The molecular weight excluding hydrogens is 168 g/mol. The van der Waals surface area contributed by atoms with Gasteiger partial charge in [0, 0.05) is 11.8 Å². The number of hydrogen-bond acceptors (Lipinski definition) is 1. The lowest BCUT2D eigenvalue weighted by Gasteiger charge is -1.94. The standard InChI is InChI=1S/C6H9BrO/c1-2-3-5-8-6-4-7/h1H,3-6H2. The van der Waals surface area contributed by atoms with Gasteiger partial charge in [-0.1, -0.05) is 15.9 Å². The zero-order valence-electron chi connectivity index (χ0n) is 4.69. The predicted octanol–water partition coefficient (Wildman–Crippen LogP) is 1.42. The van der Waals surface area contributed by atoms with Gasteiger partial charge < -0.3 is 4.74 Å². The van der Waals surface area contributed by atoms with Gasteiger partial charge in [-0.15, -0.1) is 12.3 Å². The van der Waals surface area contributed by atoms with Crippen LogP contribution in [-0.4, -0.2) is 18.5 Å². The summed E-state index contributed by atoms with van der Waals surface area (Å²) in [6.07, 6.45) is 5.68. The van der Waals surface area contributed by atoms with Crippen molar-refractivity contribution in [2.75, 3.05) is 18.5 Å². The monoisotopic (exact) mass is 176 g/mol. The molecule has 0 aromatic carbocycles. The van der Waals surface area contributed by atoms with Crippen LogP contribution in [0.4, 0.5) is 0 Å². The third-order valence-electron chi connectivity index (χ3n) is 0.612. The van der Waals surface area contributed by atoms with Gasteiger partial charge in [0.15, 0.2) is 0 Å². The van der Waals surface area contributed by atoms with Crippen LogP contribution in [0.15, 0.2) is 0 Å². The fourth-order valence-corrected chi connectivity index (χ4v) is 0.517. The van der Waals surface area contributed by atoms with Crippen LogP contribution in [0.25, 0.3) is 0 Å². The Morgan fingerprint density at radius 2 is 2.25 bits per heavy atom. The Balaban J connectivity index is 2.65. The largest absolute Gasteiger partial charge is 0.380 e. The summed E-state index contributed by atoms with van der Waals surface area (Å²) < 4.78 is 5.03. The molecule has 0 rings (SSSR count). The number of halogens is 1. The summed E-state index contributed by atoms with van der Waals surface area (Å²) in [5.74, 6) is 2.49. The van der Waals surface area contributed by atoms with Crippen molar-refractivity contribution in [1.29, 1.82) is 0 Å². The molecule has 0 aliphatic rings. The maximum atomic E-state index is 5.03. The van der Waals surface area contributed by atoms with Gasteiger partial charge in [-0.3, -0.25) is 0 Å². The van der Waals surface area contributed by atoms with Gasteiger partial charge in [0.05, 0.1) is 13.2 Å². The lowest BCUT2D eigenvalue weighted by atomic mass is 10.5. The van der Waals surface area contributed by atoms with Gasteiger partial charge in [0.1, 0.15) is 0 Å². The second-order valence-electron chi connectivity index (χ2n) is 1.26. The van der Waals surface area contributed by atoms with Crippen molar-refractivity contribution in [3.8, 4) is 12.3 Å². The molecule has 0 aliphatic carbocycles. The van der Waals surface area contributed by atoms with Crippen molar-refractivity contribution in [1.82, 2.24) is 0 Å². The fourth-order valence-electron chi connectivity index (χ4n) is 0.288. The van der Waals surface area contributed by atoms with Crippen molar-refractivity contribution < 1.29 is 4.74 Å². The molecule has 0 radical (unpaired) electrons. The normalized spacial score (nSPS) is 8.50. The van der Waals surface area contributed by atoms with Crippen LogP contribution >= 0.6 is 15.9 Å². The minimum atomic E-state index is 0.683. The number of rotatable bonds is 4. The topological polar surface area (TPSA) is 9.23 Å². The average molecular weight is 177 g/mol. The van der Waals surface area contributed by atoms with Crippen LogP contribution in [0.1, 0.15) is 6.42 Å². The molecule has 0 unspecified atom stereocenters. The molecular formula is C6H9BrO. The van der Waals surface area contributed by atoms with Crippen LogP contribution in [0.2, 0.25) is 0 Å². The highest BCUT2D eigenvalue weighted by Gasteiger charge is 1.80. The van der Waals surface area contributed by atoms with Crippen molar-refractivity contribution in [2.24, 2.45) is 0 Å². The second kappa shape index (κ2) is 7.00. The van der Waals surface area contributed by atoms with Crippen LogP contribution < -0.4 is 0 Å². The number of terminal acetylenes is 1. The van der Waals surface area contributed by atoms with Gasteiger partial charge in [0.2, 0.25) is 0 Å². The van der Waals surface area contributed by atoms with E-state index in [-0.39, 0.29) is 0 Å². The zero-order chi connectivity index (χ0) is 6.24. The summed E-state index contributed by atoms with van der Waals surface area (Å²) in [6.45, 7) is 1.43. The molecule has 0 saturated carbocycles. The highest BCUT2D eigenvalue weighted by atomic mass is 79.9. The molecule has 0 heterocycles. The van der Waals surface area contributed by atoms with E-state index in [1.807, 2.05) is 0 Å². The lowest BCUT2D eigenvalue weighted by Crippen LogP contribution is -1.95. The fraction of sp³-hybridized carbons (Fsp3) is 0.667. The van der Waals surface area contributed by atoms with Gasteiger partial charge in [-0.05, 0) is 0 Å². The van der Waals surface area contributed by atoms with E-state index < -0.39 is 0 Å². The zero-order valence-corrected chi connectivity index (χ0v) is 6.28. The Morgan fingerprint density at radius 3 is 2.75 bits per heavy atom. The maximum absolute atomic E-state index is 5.03. The number of alkyl halides is 1. The van der Waals surface area contributed by atoms with Crippen LogP contribution in [0.3, 0.4) is 0 Å². The highest BCUT2D eigenvalue weighted by molar-refractivity contribution is 9.09. The van der Waals surface area contributed by atoms with Gasteiger partial charge >= 0.3 is 0 Å². The molecule has 0 saturated heterocycles. The van der Waals surface area contributed by atoms with Crippen molar-refractivity contribution >= 4 is 15.9 Å². The Bertz CT molecular complexity index is 75.1. The van der Waals surface area contributed by atoms with Gasteiger partial charge in [-0.25, -0.2) is 0 Å². The Morgan fingerprint density at radius 1 is 1.50 bits per heavy atom. The van der Waals surface area contributed by atoms with Gasteiger partial charge in [0.25, 0.3) is 0 Å². The van der Waals surface area contributed by atoms with E-state index >= 15 is 0 Å². The third-order valence-corrected chi connectivity index (χ3v) is 0.936. The molecule has 0 aromatic heterocycles. The van der Waals surface area contributed by atoms with E-state index in [0.717, 1.165) is 11.9 Å². The molecule has 8 heavy (non-hydrogen) atoms. The summed E-state index contributed by atoms with van der Waals surface area (Å²) in [5.41, 5.74) is 0. The smallest absolute Gasteiger partial charge is 0.0575 e. The SMILES string of the molecule is C#CCCOCCBr. The highest BCUT2D eigenvalue weighted by Crippen LogP contribution is 1.83. The molecule has 0 aromatic rings. The maximum Gasteiger partial charge on any atom is 0.0575 e.